The number of benzene rings is 1. The van der Waals surface area contributed by atoms with Crippen LogP contribution in [0.4, 0.5) is 0 Å². The van der Waals surface area contributed by atoms with Gasteiger partial charge in [0.1, 0.15) is 11.8 Å². The summed E-state index contributed by atoms with van der Waals surface area (Å²) in [5, 5.41) is 29.1. The van der Waals surface area contributed by atoms with E-state index in [-0.39, 0.29) is 24.3 Å². The van der Waals surface area contributed by atoms with Gasteiger partial charge in [-0.05, 0) is 30.7 Å². The Labute approximate surface area is 104 Å². The van der Waals surface area contributed by atoms with Crippen LogP contribution in [-0.4, -0.2) is 39.8 Å². The molecular formula is C12H15NO5. The van der Waals surface area contributed by atoms with Crippen LogP contribution in [0.5, 0.6) is 5.75 Å². The largest absolute Gasteiger partial charge is 0.508 e. The number of carbonyl (C=O) groups is 2. The molecule has 98 valence electrons. The summed E-state index contributed by atoms with van der Waals surface area (Å²) in [6.45, 7) is 1.31. The zero-order chi connectivity index (χ0) is 13.7. The van der Waals surface area contributed by atoms with E-state index in [0.717, 1.165) is 0 Å². The number of rotatable bonds is 5. The molecule has 0 saturated heterocycles. The zero-order valence-electron chi connectivity index (χ0n) is 9.88. The lowest BCUT2D eigenvalue weighted by Gasteiger charge is -2.14. The molecule has 0 fully saturated rings. The lowest BCUT2D eigenvalue weighted by molar-refractivity contribution is -0.139. The average molecular weight is 253 g/mol. The summed E-state index contributed by atoms with van der Waals surface area (Å²) in [5.41, 5.74) is 0.831. The molecule has 0 aliphatic rings. The fourth-order valence-electron chi connectivity index (χ4n) is 1.53. The summed E-state index contributed by atoms with van der Waals surface area (Å²) < 4.78 is 0. The van der Waals surface area contributed by atoms with Crippen LogP contribution >= 0.6 is 0 Å². The van der Waals surface area contributed by atoms with Gasteiger partial charge < -0.3 is 20.6 Å². The third-order valence-electron chi connectivity index (χ3n) is 2.48. The molecule has 1 aromatic rings. The second-order valence-corrected chi connectivity index (χ2v) is 3.88. The van der Waals surface area contributed by atoms with Gasteiger partial charge in [-0.15, -0.1) is 0 Å². The number of phenolic OH excluding ortho intramolecular Hbond substituents is 1. The van der Waals surface area contributed by atoms with E-state index in [1.165, 1.54) is 18.2 Å². The van der Waals surface area contributed by atoms with Gasteiger partial charge in [-0.3, -0.25) is 4.79 Å². The molecule has 0 radical (unpaired) electrons. The Morgan fingerprint density at radius 1 is 1.39 bits per heavy atom. The van der Waals surface area contributed by atoms with Crippen LogP contribution in [-0.2, 0) is 4.79 Å². The Kier molecular flexibility index (Phi) is 4.67. The van der Waals surface area contributed by atoms with Crippen molar-refractivity contribution in [3.63, 3.8) is 0 Å². The quantitative estimate of drug-likeness (QED) is 0.602. The van der Waals surface area contributed by atoms with Gasteiger partial charge in [0.25, 0.3) is 5.91 Å². The number of aliphatic hydroxyl groups is 1. The number of nitrogens with one attached hydrogen (secondary N) is 1. The molecule has 1 unspecified atom stereocenters. The normalized spacial score (nSPS) is 11.9. The number of carbonyl (C=O) groups excluding carboxylic acids is 1. The fraction of sp³-hybridized carbons (Fsp3) is 0.333. The van der Waals surface area contributed by atoms with Gasteiger partial charge in [0.2, 0.25) is 0 Å². The van der Waals surface area contributed by atoms with E-state index < -0.39 is 17.9 Å². The van der Waals surface area contributed by atoms with Gasteiger partial charge in [-0.25, -0.2) is 4.79 Å². The summed E-state index contributed by atoms with van der Waals surface area (Å²) in [7, 11) is 0. The third kappa shape index (κ3) is 3.46. The van der Waals surface area contributed by atoms with E-state index in [1.807, 2.05) is 0 Å². The second-order valence-electron chi connectivity index (χ2n) is 3.88. The summed E-state index contributed by atoms with van der Waals surface area (Å²) in [5.74, 6) is -1.71. The van der Waals surface area contributed by atoms with Crippen molar-refractivity contribution in [2.24, 2.45) is 0 Å². The predicted octanol–water partition coefficient (Wildman–Crippen LogP) is 0.266. The molecule has 6 nitrogen and oxygen atoms in total. The van der Waals surface area contributed by atoms with E-state index >= 15 is 0 Å². The number of carboxylic acid groups (broad SMARTS) is 1. The van der Waals surface area contributed by atoms with Crippen molar-refractivity contribution in [3.8, 4) is 5.75 Å². The molecule has 18 heavy (non-hydrogen) atoms. The SMILES string of the molecule is Cc1cc(O)ccc1C(=O)NC(CCO)C(=O)O. The topological polar surface area (TPSA) is 107 Å². The molecule has 0 aliphatic carbocycles. The molecule has 0 spiro atoms. The standard InChI is InChI=1S/C12H15NO5/c1-7-6-8(15)2-3-9(7)11(16)13-10(4-5-14)12(17)18/h2-3,6,10,14-15H,4-5H2,1H3,(H,13,16)(H,17,18). The van der Waals surface area contributed by atoms with Crippen LogP contribution < -0.4 is 5.32 Å². The highest BCUT2D eigenvalue weighted by Gasteiger charge is 2.20. The summed E-state index contributed by atoms with van der Waals surface area (Å²) >= 11 is 0. The molecule has 1 aromatic carbocycles. The smallest absolute Gasteiger partial charge is 0.326 e. The molecule has 4 N–H and O–H groups in total. The number of amides is 1. The Bertz CT molecular complexity index is 458. The van der Waals surface area contributed by atoms with Gasteiger partial charge in [-0.2, -0.15) is 0 Å². The van der Waals surface area contributed by atoms with Crippen molar-refractivity contribution in [1.82, 2.24) is 5.32 Å². The number of aromatic hydroxyl groups is 1. The fourth-order valence-corrected chi connectivity index (χ4v) is 1.53. The van der Waals surface area contributed by atoms with Crippen molar-refractivity contribution in [1.29, 1.82) is 0 Å². The first-order valence-electron chi connectivity index (χ1n) is 5.40. The molecule has 0 aromatic heterocycles. The number of aryl methyl sites for hydroxylation is 1. The zero-order valence-corrected chi connectivity index (χ0v) is 9.88. The van der Waals surface area contributed by atoms with E-state index in [0.29, 0.717) is 5.56 Å². The molecule has 0 heterocycles. The first kappa shape index (κ1) is 14.0. The van der Waals surface area contributed by atoms with Crippen molar-refractivity contribution >= 4 is 11.9 Å². The maximum absolute atomic E-state index is 11.8. The van der Waals surface area contributed by atoms with Gasteiger partial charge in [0.05, 0.1) is 0 Å². The maximum Gasteiger partial charge on any atom is 0.326 e. The maximum atomic E-state index is 11.8. The summed E-state index contributed by atoms with van der Waals surface area (Å²) in [6.07, 6.45) is -0.0573. The molecule has 0 bridgehead atoms. The third-order valence-corrected chi connectivity index (χ3v) is 2.48. The number of aliphatic hydroxyl groups excluding tert-OH is 1. The van der Waals surface area contributed by atoms with Gasteiger partial charge in [0.15, 0.2) is 0 Å². The van der Waals surface area contributed by atoms with Crippen LogP contribution in [0.2, 0.25) is 0 Å². The van der Waals surface area contributed by atoms with Gasteiger partial charge >= 0.3 is 5.97 Å². The van der Waals surface area contributed by atoms with E-state index in [1.54, 1.807) is 6.92 Å². The number of carboxylic acids is 1. The van der Waals surface area contributed by atoms with Crippen LogP contribution in [0, 0.1) is 6.92 Å². The molecule has 1 amide bonds. The average Bonchev–Trinajstić information content (AvgIpc) is 2.27. The minimum Gasteiger partial charge on any atom is -0.508 e. The van der Waals surface area contributed by atoms with Crippen molar-refractivity contribution in [2.45, 2.75) is 19.4 Å². The van der Waals surface area contributed by atoms with Crippen LogP contribution in [0.25, 0.3) is 0 Å². The Morgan fingerprint density at radius 2 is 2.06 bits per heavy atom. The highest BCUT2D eigenvalue weighted by molar-refractivity contribution is 5.97. The molecular weight excluding hydrogens is 238 g/mol. The second kappa shape index (κ2) is 6.02. The molecule has 1 atom stereocenters. The number of hydrogen-bond donors (Lipinski definition) is 4. The number of phenols is 1. The molecule has 0 aliphatic heterocycles. The molecule has 0 saturated carbocycles. The van der Waals surface area contributed by atoms with Crippen LogP contribution in [0.3, 0.4) is 0 Å². The molecule has 1 rings (SSSR count). The van der Waals surface area contributed by atoms with E-state index in [2.05, 4.69) is 5.32 Å². The number of aliphatic carboxylic acids is 1. The van der Waals surface area contributed by atoms with Crippen molar-refractivity contribution in [2.75, 3.05) is 6.61 Å². The minimum atomic E-state index is -1.20. The first-order valence-corrected chi connectivity index (χ1v) is 5.40. The lowest BCUT2D eigenvalue weighted by Crippen LogP contribution is -2.41. The van der Waals surface area contributed by atoms with Gasteiger partial charge in [0, 0.05) is 18.6 Å². The molecule has 6 heteroatoms. The Morgan fingerprint density at radius 3 is 2.56 bits per heavy atom. The minimum absolute atomic E-state index is 0.0363. The Hall–Kier alpha value is -2.08. The van der Waals surface area contributed by atoms with Crippen LogP contribution in [0.1, 0.15) is 22.3 Å². The lowest BCUT2D eigenvalue weighted by atomic mass is 10.1. The highest BCUT2D eigenvalue weighted by Crippen LogP contribution is 2.15. The van der Waals surface area contributed by atoms with Crippen molar-refractivity contribution in [3.05, 3.63) is 29.3 Å². The van der Waals surface area contributed by atoms with E-state index in [9.17, 15) is 14.7 Å². The van der Waals surface area contributed by atoms with Gasteiger partial charge in [-0.1, -0.05) is 0 Å². The Balaban J connectivity index is 2.83. The monoisotopic (exact) mass is 253 g/mol. The highest BCUT2D eigenvalue weighted by atomic mass is 16.4. The van der Waals surface area contributed by atoms with Crippen LogP contribution in [0.15, 0.2) is 18.2 Å². The predicted molar refractivity (Wildman–Crippen MR) is 63.4 cm³/mol. The van der Waals surface area contributed by atoms with E-state index in [4.69, 9.17) is 10.2 Å². The summed E-state index contributed by atoms with van der Waals surface area (Å²) in [6, 6.07) is 3.05. The number of hydrogen-bond acceptors (Lipinski definition) is 4. The summed E-state index contributed by atoms with van der Waals surface area (Å²) in [4.78, 5) is 22.7. The van der Waals surface area contributed by atoms with Crippen molar-refractivity contribution < 1.29 is 24.9 Å². The first-order chi connectivity index (χ1) is 8.45.